The van der Waals surface area contributed by atoms with Gasteiger partial charge in [0, 0.05) is 28.6 Å². The van der Waals surface area contributed by atoms with E-state index in [4.69, 9.17) is 0 Å². The second kappa shape index (κ2) is 7.45. The van der Waals surface area contributed by atoms with Crippen molar-refractivity contribution < 1.29 is 4.39 Å². The van der Waals surface area contributed by atoms with Crippen LogP contribution in [0.4, 0.5) is 4.39 Å². The van der Waals surface area contributed by atoms with Gasteiger partial charge in [0.1, 0.15) is 11.4 Å². The molecule has 0 aliphatic rings. The Balaban J connectivity index is 2.00. The number of hydrogen-bond acceptors (Lipinski definition) is 4. The molecule has 6 heteroatoms. The van der Waals surface area contributed by atoms with Crippen molar-refractivity contribution in [2.24, 2.45) is 0 Å². The molecule has 0 aliphatic carbocycles. The lowest BCUT2D eigenvalue weighted by molar-refractivity contribution is 0.478. The van der Waals surface area contributed by atoms with Crippen molar-refractivity contribution in [1.29, 1.82) is 0 Å². The molecular formula is C22H22FN3OS. The summed E-state index contributed by atoms with van der Waals surface area (Å²) in [6, 6.07) is 10.4. The molecule has 0 amide bonds. The molecule has 3 aromatic heterocycles. The first-order chi connectivity index (χ1) is 13.5. The van der Waals surface area contributed by atoms with E-state index in [1.54, 1.807) is 0 Å². The van der Waals surface area contributed by atoms with Gasteiger partial charge in [-0.25, -0.2) is 4.39 Å². The number of aromatic nitrogens is 2. The van der Waals surface area contributed by atoms with Gasteiger partial charge in [0.15, 0.2) is 0 Å². The van der Waals surface area contributed by atoms with Crippen LogP contribution in [0.25, 0.3) is 32.1 Å². The van der Waals surface area contributed by atoms with E-state index >= 15 is 0 Å². The second-order valence-electron chi connectivity index (χ2n) is 7.10. The number of H-pyrrole nitrogens is 1. The fourth-order valence-electron chi connectivity index (χ4n) is 3.87. The van der Waals surface area contributed by atoms with Crippen LogP contribution in [0.2, 0.25) is 0 Å². The number of rotatable bonds is 5. The molecule has 0 saturated heterocycles. The number of fused-ring (bicyclic) bond motifs is 3. The predicted octanol–water partition coefficient (Wildman–Crippen LogP) is 4.91. The molecule has 4 aromatic rings. The number of aryl methyl sites for hydroxylation is 1. The highest BCUT2D eigenvalue weighted by molar-refractivity contribution is 7.17. The highest BCUT2D eigenvalue weighted by Gasteiger charge is 2.18. The lowest BCUT2D eigenvalue weighted by Crippen LogP contribution is -2.14. The Morgan fingerprint density at radius 3 is 2.68 bits per heavy atom. The number of likely N-dealkylation sites (N-methyl/N-ethyl adjacent to an activating group) is 1. The molecule has 1 atom stereocenters. The average molecular weight is 396 g/mol. The van der Waals surface area contributed by atoms with Crippen molar-refractivity contribution in [3.8, 4) is 11.1 Å². The first-order valence-electron chi connectivity index (χ1n) is 9.28. The second-order valence-corrected chi connectivity index (χ2v) is 8.02. The van der Waals surface area contributed by atoms with Gasteiger partial charge in [-0.15, -0.1) is 11.3 Å². The molecule has 0 radical (unpaired) electrons. The van der Waals surface area contributed by atoms with Gasteiger partial charge < -0.3 is 10.3 Å². The van der Waals surface area contributed by atoms with Gasteiger partial charge in [-0.3, -0.25) is 9.78 Å². The van der Waals surface area contributed by atoms with Gasteiger partial charge >= 0.3 is 0 Å². The fourth-order valence-corrected chi connectivity index (χ4v) is 4.67. The van der Waals surface area contributed by atoms with E-state index in [2.05, 4.69) is 46.5 Å². The Morgan fingerprint density at radius 2 is 2.00 bits per heavy atom. The Hall–Kier alpha value is -2.57. The molecule has 0 fully saturated rings. The minimum Gasteiger partial charge on any atom is -0.319 e. The highest BCUT2D eigenvalue weighted by atomic mass is 32.1. The van der Waals surface area contributed by atoms with E-state index in [9.17, 15) is 9.18 Å². The van der Waals surface area contributed by atoms with Crippen LogP contribution in [0.1, 0.15) is 29.8 Å². The smallest absolute Gasteiger partial charge is 0.266 e. The summed E-state index contributed by atoms with van der Waals surface area (Å²) in [5.41, 5.74) is 4.55. The summed E-state index contributed by atoms with van der Waals surface area (Å²) >= 11 is 1.40. The van der Waals surface area contributed by atoms with E-state index in [0.29, 0.717) is 16.1 Å². The molecular weight excluding hydrogens is 373 g/mol. The number of nitrogens with one attached hydrogen (secondary N) is 2. The number of pyridine rings is 2. The number of halogens is 1. The standard InChI is InChI=1S/C22H22FN3OS/c1-12(11-24-3)14-4-6-15(7-5-14)18-13(2)25-17(10-23)20-19(18)16-8-9-28-21(16)22(27)26-20/h4-9,12,24H,10-11H2,1-3H3,(H,26,27)/t12-/m0/s1. The maximum Gasteiger partial charge on any atom is 0.266 e. The van der Waals surface area contributed by atoms with Gasteiger partial charge in [0.05, 0.1) is 11.2 Å². The molecule has 0 unspecified atom stereocenters. The van der Waals surface area contributed by atoms with Crippen molar-refractivity contribution >= 4 is 32.3 Å². The van der Waals surface area contributed by atoms with Crippen LogP contribution in [0.5, 0.6) is 0 Å². The molecule has 4 rings (SSSR count). The number of nitrogens with zero attached hydrogens (tertiary/aromatic N) is 1. The van der Waals surface area contributed by atoms with Gasteiger partial charge in [0.2, 0.25) is 0 Å². The monoisotopic (exact) mass is 395 g/mol. The van der Waals surface area contributed by atoms with Crippen LogP contribution in [0, 0.1) is 6.92 Å². The summed E-state index contributed by atoms with van der Waals surface area (Å²) in [5, 5.41) is 6.82. The van der Waals surface area contributed by atoms with E-state index in [1.165, 1.54) is 16.9 Å². The molecule has 1 aromatic carbocycles. The van der Waals surface area contributed by atoms with Crippen LogP contribution in [-0.4, -0.2) is 23.6 Å². The quantitative estimate of drug-likeness (QED) is 0.505. The topological polar surface area (TPSA) is 57.8 Å². The lowest BCUT2D eigenvalue weighted by atomic mass is 9.93. The van der Waals surface area contributed by atoms with E-state index in [-0.39, 0.29) is 11.3 Å². The van der Waals surface area contributed by atoms with Gasteiger partial charge in [-0.2, -0.15) is 0 Å². The lowest BCUT2D eigenvalue weighted by Gasteiger charge is -2.15. The molecule has 2 N–H and O–H groups in total. The van der Waals surface area contributed by atoms with E-state index in [0.717, 1.165) is 34.1 Å². The molecule has 0 bridgehead atoms. The zero-order chi connectivity index (χ0) is 19.8. The van der Waals surface area contributed by atoms with E-state index in [1.807, 2.05) is 25.4 Å². The molecule has 3 heterocycles. The summed E-state index contributed by atoms with van der Waals surface area (Å²) in [6.07, 6.45) is 0. The van der Waals surface area contributed by atoms with Crippen LogP contribution in [0.15, 0.2) is 40.5 Å². The predicted molar refractivity (Wildman–Crippen MR) is 115 cm³/mol. The fraction of sp³-hybridized carbons (Fsp3) is 0.273. The highest BCUT2D eigenvalue weighted by Crippen LogP contribution is 2.37. The molecule has 0 spiro atoms. The summed E-state index contributed by atoms with van der Waals surface area (Å²) in [7, 11) is 1.95. The Bertz CT molecular complexity index is 1210. The summed E-state index contributed by atoms with van der Waals surface area (Å²) in [6.45, 7) is 4.27. The Labute approximate surface area is 166 Å². The number of alkyl halides is 1. The maximum absolute atomic E-state index is 13.7. The van der Waals surface area contributed by atoms with Crippen molar-refractivity contribution in [3.05, 3.63) is 63.0 Å². The zero-order valence-corrected chi connectivity index (χ0v) is 16.9. The minimum atomic E-state index is -0.719. The molecule has 144 valence electrons. The summed E-state index contributed by atoms with van der Waals surface area (Å²) < 4.78 is 14.3. The Morgan fingerprint density at radius 1 is 1.25 bits per heavy atom. The molecule has 28 heavy (non-hydrogen) atoms. The molecule has 0 saturated carbocycles. The van der Waals surface area contributed by atoms with Gasteiger partial charge in [-0.1, -0.05) is 31.2 Å². The van der Waals surface area contributed by atoms with Crippen molar-refractivity contribution in [3.63, 3.8) is 0 Å². The first-order valence-corrected chi connectivity index (χ1v) is 10.2. The number of benzene rings is 1. The third-order valence-corrected chi connectivity index (χ3v) is 6.15. The zero-order valence-electron chi connectivity index (χ0n) is 16.1. The third-order valence-electron chi connectivity index (χ3n) is 5.24. The number of aromatic amines is 1. The summed E-state index contributed by atoms with van der Waals surface area (Å²) in [5.74, 6) is 0.406. The summed E-state index contributed by atoms with van der Waals surface area (Å²) in [4.78, 5) is 19.8. The van der Waals surface area contributed by atoms with Gasteiger partial charge in [0.25, 0.3) is 5.56 Å². The number of thiophene rings is 1. The van der Waals surface area contributed by atoms with Crippen molar-refractivity contribution in [2.75, 3.05) is 13.6 Å². The molecule has 4 nitrogen and oxygen atoms in total. The van der Waals surface area contributed by atoms with Crippen LogP contribution >= 0.6 is 11.3 Å². The SMILES string of the molecule is CNC[C@H](C)c1ccc(-c2c(C)nc(CF)c3[nH]c(=O)c4sccc4c23)cc1. The minimum absolute atomic E-state index is 0.194. The average Bonchev–Trinajstić information content (AvgIpc) is 3.19. The number of hydrogen-bond donors (Lipinski definition) is 2. The maximum atomic E-state index is 13.7. The third kappa shape index (κ3) is 3.02. The van der Waals surface area contributed by atoms with Crippen LogP contribution < -0.4 is 10.9 Å². The Kier molecular flexibility index (Phi) is 5.00. The van der Waals surface area contributed by atoms with E-state index < -0.39 is 6.67 Å². The first kappa shape index (κ1) is 18.8. The normalized spacial score (nSPS) is 12.7. The van der Waals surface area contributed by atoms with Gasteiger partial charge in [-0.05, 0) is 42.5 Å². The van der Waals surface area contributed by atoms with Crippen molar-refractivity contribution in [2.45, 2.75) is 26.4 Å². The largest absolute Gasteiger partial charge is 0.319 e. The van der Waals surface area contributed by atoms with Crippen molar-refractivity contribution in [1.82, 2.24) is 15.3 Å². The van der Waals surface area contributed by atoms with Crippen LogP contribution in [-0.2, 0) is 6.67 Å². The van der Waals surface area contributed by atoms with Crippen LogP contribution in [0.3, 0.4) is 0 Å². The molecule has 0 aliphatic heterocycles.